The molecule has 0 aromatic rings. The number of carbonyl (C=O) groups is 1. The average molecular weight is 205 g/mol. The van der Waals surface area contributed by atoms with Gasteiger partial charge in [0, 0.05) is 12.5 Å². The number of ether oxygens (including phenoxy) is 1. The van der Waals surface area contributed by atoms with Crippen LogP contribution in [-0.2, 0) is 9.53 Å². The lowest BCUT2D eigenvalue weighted by Crippen LogP contribution is -2.39. The fourth-order valence-corrected chi connectivity index (χ4v) is 1.98. The Balaban J connectivity index is 2.56. The molecule has 0 saturated carbocycles. The van der Waals surface area contributed by atoms with E-state index in [1.54, 1.807) is 0 Å². The molecular formula is C10H17ClO2. The second-order valence-corrected chi connectivity index (χ2v) is 4.21. The van der Waals surface area contributed by atoms with Crippen LogP contribution in [0.4, 0.5) is 0 Å². The molecule has 2 nitrogen and oxygen atoms in total. The maximum Gasteiger partial charge on any atom is 0.150 e. The van der Waals surface area contributed by atoms with Crippen molar-refractivity contribution >= 4 is 17.4 Å². The molecule has 2 atom stereocenters. The van der Waals surface area contributed by atoms with Gasteiger partial charge in [-0.25, -0.2) is 0 Å². The molecule has 1 rings (SSSR count). The highest BCUT2D eigenvalue weighted by molar-refractivity contribution is 6.27. The van der Waals surface area contributed by atoms with Crippen LogP contribution in [-0.4, -0.2) is 23.9 Å². The lowest BCUT2D eigenvalue weighted by atomic mass is 9.83. The van der Waals surface area contributed by atoms with Crippen molar-refractivity contribution in [2.24, 2.45) is 5.92 Å². The van der Waals surface area contributed by atoms with E-state index < -0.39 is 0 Å². The standard InChI is InChI=1S/C10H17ClO2/c1-3-10(2)6-8(4-5-13-10)9(12)7-11/h8H,3-7H2,1-2H3/t8-,10-/m1/s1. The van der Waals surface area contributed by atoms with Crippen molar-refractivity contribution in [3.63, 3.8) is 0 Å². The molecule has 0 aliphatic carbocycles. The van der Waals surface area contributed by atoms with E-state index in [1.165, 1.54) is 0 Å². The molecule has 0 N–H and O–H groups in total. The average Bonchev–Trinajstić information content (AvgIpc) is 2.17. The Morgan fingerprint density at radius 3 is 2.92 bits per heavy atom. The summed E-state index contributed by atoms with van der Waals surface area (Å²) in [6, 6.07) is 0. The lowest BCUT2D eigenvalue weighted by Gasteiger charge is -2.36. The van der Waals surface area contributed by atoms with Crippen LogP contribution in [0.3, 0.4) is 0 Å². The number of rotatable bonds is 3. The highest BCUT2D eigenvalue weighted by atomic mass is 35.5. The van der Waals surface area contributed by atoms with Crippen LogP contribution in [0.2, 0.25) is 0 Å². The molecule has 0 amide bonds. The highest BCUT2D eigenvalue weighted by Crippen LogP contribution is 2.32. The van der Waals surface area contributed by atoms with E-state index in [1.807, 2.05) is 0 Å². The van der Waals surface area contributed by atoms with Crippen LogP contribution in [0, 0.1) is 5.92 Å². The smallest absolute Gasteiger partial charge is 0.150 e. The summed E-state index contributed by atoms with van der Waals surface area (Å²) in [5.74, 6) is 0.436. The summed E-state index contributed by atoms with van der Waals surface area (Å²) >= 11 is 5.53. The molecule has 13 heavy (non-hydrogen) atoms. The number of halogens is 1. The van der Waals surface area contributed by atoms with Gasteiger partial charge in [0.05, 0.1) is 11.5 Å². The van der Waals surface area contributed by atoms with Gasteiger partial charge in [0.25, 0.3) is 0 Å². The summed E-state index contributed by atoms with van der Waals surface area (Å²) in [4.78, 5) is 11.4. The Morgan fingerprint density at radius 2 is 2.38 bits per heavy atom. The first-order valence-corrected chi connectivity index (χ1v) is 5.37. The van der Waals surface area contributed by atoms with Gasteiger partial charge in [-0.2, -0.15) is 0 Å². The molecule has 1 fully saturated rings. The third-order valence-electron chi connectivity index (χ3n) is 2.93. The molecule has 0 spiro atoms. The van der Waals surface area contributed by atoms with E-state index in [0.717, 1.165) is 19.3 Å². The first-order valence-electron chi connectivity index (χ1n) is 4.84. The molecule has 0 bridgehead atoms. The molecule has 0 radical (unpaired) electrons. The second-order valence-electron chi connectivity index (χ2n) is 3.94. The zero-order chi connectivity index (χ0) is 9.90. The minimum atomic E-state index is -0.107. The number of hydrogen-bond donors (Lipinski definition) is 0. The topological polar surface area (TPSA) is 26.3 Å². The van der Waals surface area contributed by atoms with Gasteiger partial charge in [-0.05, 0) is 26.2 Å². The Bertz CT molecular complexity index is 193. The van der Waals surface area contributed by atoms with Crippen molar-refractivity contribution in [2.75, 3.05) is 12.5 Å². The fraction of sp³-hybridized carbons (Fsp3) is 0.900. The van der Waals surface area contributed by atoms with Crippen molar-refractivity contribution in [3.05, 3.63) is 0 Å². The van der Waals surface area contributed by atoms with Crippen molar-refractivity contribution < 1.29 is 9.53 Å². The van der Waals surface area contributed by atoms with Crippen LogP contribution < -0.4 is 0 Å². The number of ketones is 1. The predicted molar refractivity (Wildman–Crippen MR) is 53.1 cm³/mol. The maximum absolute atomic E-state index is 11.4. The summed E-state index contributed by atoms with van der Waals surface area (Å²) in [5.41, 5.74) is -0.107. The molecule has 0 aromatic carbocycles. The van der Waals surface area contributed by atoms with Gasteiger partial charge in [0.15, 0.2) is 5.78 Å². The van der Waals surface area contributed by atoms with E-state index in [-0.39, 0.29) is 23.2 Å². The van der Waals surface area contributed by atoms with Gasteiger partial charge in [-0.15, -0.1) is 11.6 Å². The third-order valence-corrected chi connectivity index (χ3v) is 3.19. The summed E-state index contributed by atoms with van der Waals surface area (Å²) < 4.78 is 5.64. The summed E-state index contributed by atoms with van der Waals surface area (Å²) in [6.45, 7) is 4.85. The quantitative estimate of drug-likeness (QED) is 0.660. The van der Waals surface area contributed by atoms with Crippen LogP contribution >= 0.6 is 11.6 Å². The summed E-state index contributed by atoms with van der Waals surface area (Å²) in [5, 5.41) is 0. The molecule has 3 heteroatoms. The van der Waals surface area contributed by atoms with Crippen LogP contribution in [0.25, 0.3) is 0 Å². The van der Waals surface area contributed by atoms with Crippen LogP contribution in [0.15, 0.2) is 0 Å². The van der Waals surface area contributed by atoms with E-state index in [2.05, 4.69) is 13.8 Å². The molecular weight excluding hydrogens is 188 g/mol. The first kappa shape index (κ1) is 11.0. The minimum absolute atomic E-state index is 0.107. The van der Waals surface area contributed by atoms with Gasteiger partial charge >= 0.3 is 0 Å². The van der Waals surface area contributed by atoms with Crippen molar-refractivity contribution in [1.29, 1.82) is 0 Å². The monoisotopic (exact) mass is 204 g/mol. The van der Waals surface area contributed by atoms with Crippen molar-refractivity contribution in [3.8, 4) is 0 Å². The molecule has 1 aliphatic rings. The number of carbonyl (C=O) groups excluding carboxylic acids is 1. The highest BCUT2D eigenvalue weighted by Gasteiger charge is 2.34. The predicted octanol–water partition coefficient (Wildman–Crippen LogP) is 2.39. The SMILES string of the molecule is CC[C@]1(C)C[C@H](C(=O)CCl)CCO1. The maximum atomic E-state index is 11.4. The van der Waals surface area contributed by atoms with E-state index >= 15 is 0 Å². The molecule has 0 unspecified atom stereocenters. The zero-order valence-corrected chi connectivity index (χ0v) is 9.06. The Kier molecular flexibility index (Phi) is 3.74. The van der Waals surface area contributed by atoms with Gasteiger partial charge in [-0.3, -0.25) is 4.79 Å². The Morgan fingerprint density at radius 1 is 1.69 bits per heavy atom. The van der Waals surface area contributed by atoms with Gasteiger partial charge in [0.2, 0.25) is 0 Å². The molecule has 0 aromatic heterocycles. The van der Waals surface area contributed by atoms with Crippen LogP contribution in [0.1, 0.15) is 33.1 Å². The number of alkyl halides is 1. The fourth-order valence-electron chi connectivity index (χ4n) is 1.76. The largest absolute Gasteiger partial charge is 0.375 e. The van der Waals surface area contributed by atoms with Gasteiger partial charge in [0.1, 0.15) is 0 Å². The van der Waals surface area contributed by atoms with E-state index in [4.69, 9.17) is 16.3 Å². The van der Waals surface area contributed by atoms with Gasteiger partial charge < -0.3 is 4.74 Å². The normalized spacial score (nSPS) is 34.5. The van der Waals surface area contributed by atoms with E-state index in [9.17, 15) is 4.79 Å². The second kappa shape index (κ2) is 4.43. The minimum Gasteiger partial charge on any atom is -0.375 e. The number of Topliss-reactive ketones (excluding diaryl/α,β-unsaturated/α-hetero) is 1. The van der Waals surface area contributed by atoms with Crippen molar-refractivity contribution in [1.82, 2.24) is 0 Å². The van der Waals surface area contributed by atoms with Gasteiger partial charge in [-0.1, -0.05) is 6.92 Å². The molecule has 1 saturated heterocycles. The Labute approximate surface area is 84.6 Å². The van der Waals surface area contributed by atoms with Crippen molar-refractivity contribution in [2.45, 2.75) is 38.7 Å². The molecule has 1 heterocycles. The summed E-state index contributed by atoms with van der Waals surface area (Å²) in [6.07, 6.45) is 2.62. The lowest BCUT2D eigenvalue weighted by molar-refractivity contribution is -0.132. The third kappa shape index (κ3) is 2.68. The zero-order valence-electron chi connectivity index (χ0n) is 8.31. The van der Waals surface area contributed by atoms with Crippen LogP contribution in [0.5, 0.6) is 0 Å². The first-order chi connectivity index (χ1) is 6.11. The Hall–Kier alpha value is -0.0800. The molecule has 76 valence electrons. The molecule has 1 aliphatic heterocycles. The summed E-state index contributed by atoms with van der Waals surface area (Å²) in [7, 11) is 0. The number of hydrogen-bond acceptors (Lipinski definition) is 2. The van der Waals surface area contributed by atoms with E-state index in [0.29, 0.717) is 6.61 Å².